The van der Waals surface area contributed by atoms with Gasteiger partial charge in [-0.15, -0.1) is 0 Å². The highest BCUT2D eigenvalue weighted by Crippen LogP contribution is 2.49. The third-order valence-corrected chi connectivity index (χ3v) is 7.87. The van der Waals surface area contributed by atoms with Crippen LogP contribution in [0.15, 0.2) is 57.4 Å². The van der Waals surface area contributed by atoms with Gasteiger partial charge in [0.15, 0.2) is 5.78 Å². The maximum Gasteiger partial charge on any atom is 0.330 e. The Bertz CT molecular complexity index is 1620. The number of hydrogen-bond donors (Lipinski definition) is 4. The largest absolute Gasteiger partial charge is 0.394 e. The number of benzene rings is 1. The summed E-state index contributed by atoms with van der Waals surface area (Å²) in [5, 5.41) is 28.0. The zero-order valence-electron chi connectivity index (χ0n) is 22.0. The quantitative estimate of drug-likeness (QED) is 0.397. The minimum absolute atomic E-state index is 0.0682. The molecule has 2 aliphatic heterocycles. The number of H-pyrrole nitrogens is 1. The number of aromatic amines is 1. The second-order valence-electron chi connectivity index (χ2n) is 11.4. The van der Waals surface area contributed by atoms with Crippen LogP contribution in [0.4, 0.5) is 5.82 Å². The van der Waals surface area contributed by atoms with E-state index in [1.54, 1.807) is 4.68 Å². The summed E-state index contributed by atoms with van der Waals surface area (Å²) in [5.74, 6) is -0.174. The first-order chi connectivity index (χ1) is 18.6. The number of ketones is 1. The molecule has 204 valence electrons. The third kappa shape index (κ3) is 4.17. The molecule has 0 spiro atoms. The number of carbonyl (C=O) groups excluding carboxylic acids is 1. The van der Waals surface area contributed by atoms with Crippen molar-refractivity contribution in [2.75, 3.05) is 11.9 Å². The van der Waals surface area contributed by atoms with Crippen LogP contribution < -0.4 is 16.6 Å². The van der Waals surface area contributed by atoms with Crippen molar-refractivity contribution in [1.29, 1.82) is 0 Å². The predicted octanol–water partition coefficient (Wildman–Crippen LogP) is 1.87. The van der Waals surface area contributed by atoms with E-state index in [9.17, 15) is 24.6 Å². The number of aliphatic hydroxyl groups is 2. The number of aryl methyl sites for hydroxylation is 1. The van der Waals surface area contributed by atoms with Crippen molar-refractivity contribution in [2.45, 2.75) is 64.4 Å². The van der Waals surface area contributed by atoms with E-state index in [0.717, 1.165) is 11.4 Å². The number of anilines is 1. The molecule has 2 aromatic heterocycles. The number of fused-ring (bicyclic) bond motifs is 1. The normalized spacial score (nSPS) is 25.8. The second kappa shape index (κ2) is 9.15. The number of aromatic nitrogens is 4. The lowest BCUT2D eigenvalue weighted by Gasteiger charge is -2.38. The van der Waals surface area contributed by atoms with Gasteiger partial charge in [-0.25, -0.2) is 9.48 Å². The molecule has 6 rings (SSSR count). The molecule has 1 saturated heterocycles. The van der Waals surface area contributed by atoms with Gasteiger partial charge < -0.3 is 20.3 Å². The molecular weight excluding hydrogens is 502 g/mol. The molecule has 4 N–H and O–H groups in total. The van der Waals surface area contributed by atoms with E-state index in [1.807, 2.05) is 51.1 Å². The first kappa shape index (κ1) is 25.5. The van der Waals surface area contributed by atoms with Gasteiger partial charge in [0, 0.05) is 41.4 Å². The van der Waals surface area contributed by atoms with E-state index in [4.69, 9.17) is 9.84 Å². The average Bonchev–Trinajstić information content (AvgIpc) is 3.42. The summed E-state index contributed by atoms with van der Waals surface area (Å²) >= 11 is 0. The van der Waals surface area contributed by atoms with Crippen LogP contribution in [0.2, 0.25) is 0 Å². The number of carbonyl (C=O) groups is 1. The number of hydrogen-bond acceptors (Lipinski definition) is 8. The lowest BCUT2D eigenvalue weighted by Crippen LogP contribution is -2.39. The monoisotopic (exact) mass is 533 g/mol. The van der Waals surface area contributed by atoms with Crippen molar-refractivity contribution in [3.63, 3.8) is 0 Å². The molecular formula is C28H31N5O6. The van der Waals surface area contributed by atoms with E-state index in [2.05, 4.69) is 10.3 Å². The summed E-state index contributed by atoms with van der Waals surface area (Å²) in [6.07, 6.45) is -0.282. The van der Waals surface area contributed by atoms with Crippen LogP contribution in [0, 0.1) is 12.3 Å². The minimum atomic E-state index is -0.962. The molecule has 2 unspecified atom stereocenters. The first-order valence-electron chi connectivity index (χ1n) is 13.1. The molecule has 0 amide bonds. The van der Waals surface area contributed by atoms with E-state index >= 15 is 0 Å². The van der Waals surface area contributed by atoms with Gasteiger partial charge in [0.05, 0.1) is 30.0 Å². The first-order valence-corrected chi connectivity index (χ1v) is 13.1. The Morgan fingerprint density at radius 3 is 2.59 bits per heavy atom. The fourth-order valence-corrected chi connectivity index (χ4v) is 6.11. The van der Waals surface area contributed by atoms with Gasteiger partial charge in [-0.1, -0.05) is 32.0 Å². The molecule has 0 saturated carbocycles. The number of Topliss-reactive ketones (excluding diaryl/α,β-unsaturated/α-hetero) is 1. The van der Waals surface area contributed by atoms with E-state index in [-0.39, 0.29) is 23.2 Å². The van der Waals surface area contributed by atoms with Crippen LogP contribution in [0.3, 0.4) is 0 Å². The molecule has 0 radical (unpaired) electrons. The van der Waals surface area contributed by atoms with Crippen LogP contribution in [-0.4, -0.2) is 54.1 Å². The van der Waals surface area contributed by atoms with E-state index in [1.165, 1.54) is 10.8 Å². The molecule has 3 aromatic rings. The summed E-state index contributed by atoms with van der Waals surface area (Å²) in [6, 6.07) is 9.59. The number of aliphatic hydroxyl groups excluding tert-OH is 2. The van der Waals surface area contributed by atoms with Gasteiger partial charge in [-0.2, -0.15) is 5.10 Å². The number of nitrogens with zero attached hydrogens (tertiary/aromatic N) is 3. The summed E-state index contributed by atoms with van der Waals surface area (Å²) in [6.45, 7) is 5.50. The highest BCUT2D eigenvalue weighted by atomic mass is 16.5. The number of para-hydroxylation sites is 1. The van der Waals surface area contributed by atoms with Crippen molar-refractivity contribution in [3.05, 3.63) is 85.5 Å². The molecule has 39 heavy (non-hydrogen) atoms. The van der Waals surface area contributed by atoms with E-state index < -0.39 is 42.2 Å². The zero-order chi connectivity index (χ0) is 27.6. The van der Waals surface area contributed by atoms with Gasteiger partial charge in [0.25, 0.3) is 5.56 Å². The van der Waals surface area contributed by atoms with Crippen molar-refractivity contribution in [1.82, 2.24) is 19.3 Å². The molecule has 11 nitrogen and oxygen atoms in total. The average molecular weight is 534 g/mol. The predicted molar refractivity (Wildman–Crippen MR) is 142 cm³/mol. The molecule has 11 heteroatoms. The van der Waals surface area contributed by atoms with E-state index in [0.29, 0.717) is 35.5 Å². The molecule has 3 aliphatic rings. The number of rotatable bonds is 4. The van der Waals surface area contributed by atoms with Gasteiger partial charge >= 0.3 is 5.69 Å². The summed E-state index contributed by atoms with van der Waals surface area (Å²) in [7, 11) is 0. The van der Waals surface area contributed by atoms with Crippen LogP contribution in [-0.2, 0) is 9.53 Å². The second-order valence-corrected chi connectivity index (χ2v) is 11.4. The standard InChI is InChI=1S/C28H31N5O6/c1-14-22-23(16-12-32(27(38)30-26(16)37)21-9-18(35)20(13-34)39-21)24-17(10-28(2,3)11-19(24)36)29-25(22)33(31-14)15-7-5-4-6-8-15/h4-8,12,18,20-21,23,29,34-35H,9-11,13H2,1-3H3,(H,30,37,38)/t18?,20-,21-,23?/m1/s1. The maximum atomic E-state index is 13.7. The van der Waals surface area contributed by atoms with Gasteiger partial charge in [0.2, 0.25) is 0 Å². The maximum absolute atomic E-state index is 13.7. The SMILES string of the molecule is Cc1nn(-c2ccccc2)c2c1C(c1cn([C@H]3CC(O)[C@@H](CO)O3)c(=O)[nH]c1=O)C1=C(CC(C)(C)CC1=O)N2. The molecule has 0 bridgehead atoms. The Hall–Kier alpha value is -3.80. The highest BCUT2D eigenvalue weighted by Gasteiger charge is 2.44. The summed E-state index contributed by atoms with van der Waals surface area (Å²) in [4.78, 5) is 42.4. The molecule has 1 aliphatic carbocycles. The van der Waals surface area contributed by atoms with Crippen LogP contribution in [0.5, 0.6) is 0 Å². The fraction of sp³-hybridized carbons (Fsp3) is 0.429. The van der Waals surface area contributed by atoms with Crippen molar-refractivity contribution in [3.8, 4) is 5.69 Å². The van der Waals surface area contributed by atoms with Crippen LogP contribution in [0.1, 0.15) is 62.1 Å². The topological polar surface area (TPSA) is 151 Å². The van der Waals surface area contributed by atoms with Gasteiger partial charge in [-0.3, -0.25) is 19.1 Å². The van der Waals surface area contributed by atoms with Crippen LogP contribution >= 0.6 is 0 Å². The Morgan fingerprint density at radius 2 is 1.90 bits per heavy atom. The van der Waals surface area contributed by atoms with Crippen LogP contribution in [0.25, 0.3) is 5.69 Å². The fourth-order valence-electron chi connectivity index (χ4n) is 6.11. The lowest BCUT2D eigenvalue weighted by atomic mass is 9.69. The smallest absolute Gasteiger partial charge is 0.330 e. The Labute approximate surface area is 223 Å². The number of allylic oxidation sites excluding steroid dienone is 2. The lowest BCUT2D eigenvalue weighted by molar-refractivity contribution is -0.118. The zero-order valence-corrected chi connectivity index (χ0v) is 22.0. The van der Waals surface area contributed by atoms with Crippen molar-refractivity contribution in [2.24, 2.45) is 5.41 Å². The number of ether oxygens (including phenoxy) is 1. The number of nitrogens with one attached hydrogen (secondary N) is 2. The Kier molecular flexibility index (Phi) is 5.97. The Balaban J connectivity index is 1.57. The third-order valence-electron chi connectivity index (χ3n) is 7.87. The molecule has 1 fully saturated rings. The minimum Gasteiger partial charge on any atom is -0.394 e. The van der Waals surface area contributed by atoms with Crippen molar-refractivity contribution < 1.29 is 19.7 Å². The van der Waals surface area contributed by atoms with Crippen molar-refractivity contribution >= 4 is 11.6 Å². The molecule has 4 atom stereocenters. The summed E-state index contributed by atoms with van der Waals surface area (Å²) < 4.78 is 8.72. The molecule has 4 heterocycles. The Morgan fingerprint density at radius 1 is 1.15 bits per heavy atom. The molecule has 1 aromatic carbocycles. The highest BCUT2D eigenvalue weighted by molar-refractivity contribution is 6.01. The summed E-state index contributed by atoms with van der Waals surface area (Å²) in [5.41, 5.74) is 1.99. The van der Waals surface area contributed by atoms with Gasteiger partial charge in [0.1, 0.15) is 18.1 Å². The van der Waals surface area contributed by atoms with Gasteiger partial charge in [-0.05, 0) is 30.9 Å².